The summed E-state index contributed by atoms with van der Waals surface area (Å²) >= 11 is 6.14. The highest BCUT2D eigenvalue weighted by Crippen LogP contribution is 2.20. The van der Waals surface area contributed by atoms with Gasteiger partial charge < -0.3 is 15.1 Å². The fourth-order valence-electron chi connectivity index (χ4n) is 4.39. The molecule has 0 unspecified atom stereocenters. The van der Waals surface area contributed by atoms with Crippen LogP contribution in [0.25, 0.3) is 0 Å². The van der Waals surface area contributed by atoms with E-state index in [4.69, 9.17) is 16.3 Å². The molecule has 1 aliphatic heterocycles. The molecule has 2 aromatic carbocycles. The van der Waals surface area contributed by atoms with Gasteiger partial charge in [0.05, 0.1) is 6.61 Å². The summed E-state index contributed by atoms with van der Waals surface area (Å²) in [5.41, 5.74) is 1.18. The summed E-state index contributed by atoms with van der Waals surface area (Å²) in [7, 11) is 0. The average Bonchev–Trinajstić information content (AvgIpc) is 3.17. The van der Waals surface area contributed by atoms with Crippen molar-refractivity contribution in [3.8, 4) is 5.75 Å². The quantitative estimate of drug-likeness (QED) is 0.324. The molecule has 1 aliphatic rings. The molecular formula is C26H38Cl3N5O3. The van der Waals surface area contributed by atoms with E-state index in [1.165, 1.54) is 5.69 Å². The Kier molecular flexibility index (Phi) is 14.7. The van der Waals surface area contributed by atoms with Crippen molar-refractivity contribution >= 4 is 42.1 Å². The van der Waals surface area contributed by atoms with Crippen molar-refractivity contribution in [2.75, 3.05) is 44.2 Å². The molecule has 0 spiro atoms. The van der Waals surface area contributed by atoms with Crippen LogP contribution in [0.4, 0.5) is 5.69 Å². The molecule has 1 fully saturated rings. The molecule has 11 heteroatoms. The number of hydrogen-bond donors (Lipinski definition) is 0. The summed E-state index contributed by atoms with van der Waals surface area (Å²) in [5.74, 6) is 1.71. The first-order valence-electron chi connectivity index (χ1n) is 12.2. The van der Waals surface area contributed by atoms with E-state index in [1.54, 1.807) is 4.68 Å². The zero-order valence-corrected chi connectivity index (χ0v) is 23.6. The van der Waals surface area contributed by atoms with Crippen LogP contribution in [-0.2, 0) is 19.5 Å². The molecule has 3 aromatic rings. The van der Waals surface area contributed by atoms with Crippen LogP contribution in [0.2, 0.25) is 5.02 Å². The van der Waals surface area contributed by atoms with E-state index in [0.717, 1.165) is 68.6 Å². The van der Waals surface area contributed by atoms with E-state index in [2.05, 4.69) is 27.9 Å². The Labute approximate surface area is 236 Å². The Morgan fingerprint density at radius 1 is 0.919 bits per heavy atom. The molecule has 4 rings (SSSR count). The van der Waals surface area contributed by atoms with Gasteiger partial charge >= 0.3 is 5.69 Å². The largest absolute Gasteiger partial charge is 0.494 e. The third kappa shape index (κ3) is 9.23. The van der Waals surface area contributed by atoms with E-state index in [1.807, 2.05) is 53.1 Å². The molecule has 2 heterocycles. The molecule has 0 saturated carbocycles. The highest BCUT2D eigenvalue weighted by Gasteiger charge is 2.18. The molecular weight excluding hydrogens is 537 g/mol. The van der Waals surface area contributed by atoms with Crippen LogP contribution in [0.3, 0.4) is 0 Å². The number of para-hydroxylation sites is 1. The first-order valence-corrected chi connectivity index (χ1v) is 12.6. The Morgan fingerprint density at radius 2 is 1.65 bits per heavy atom. The first kappa shape index (κ1) is 32.8. The Bertz CT molecular complexity index is 1100. The minimum absolute atomic E-state index is 0. The van der Waals surface area contributed by atoms with Crippen LogP contribution in [0, 0.1) is 0 Å². The van der Waals surface area contributed by atoms with Gasteiger partial charge in [0.1, 0.15) is 11.6 Å². The topological polar surface area (TPSA) is 87.0 Å². The fourth-order valence-corrected chi connectivity index (χ4v) is 4.58. The monoisotopic (exact) mass is 573 g/mol. The molecule has 8 nitrogen and oxygen atoms in total. The molecule has 2 N–H and O–H groups in total. The number of anilines is 1. The molecule has 0 aliphatic carbocycles. The van der Waals surface area contributed by atoms with Crippen LogP contribution in [0.1, 0.15) is 25.6 Å². The summed E-state index contributed by atoms with van der Waals surface area (Å²) in [4.78, 5) is 17.8. The molecule has 1 aromatic heterocycles. The first-order chi connectivity index (χ1) is 16.6. The van der Waals surface area contributed by atoms with Gasteiger partial charge in [0.2, 0.25) is 0 Å². The van der Waals surface area contributed by atoms with Crippen molar-refractivity contribution in [3.05, 3.63) is 75.9 Å². The Hall–Kier alpha value is -2.23. The number of aryl methyl sites for hydroxylation is 2. The maximum Gasteiger partial charge on any atom is 0.345 e. The van der Waals surface area contributed by atoms with Crippen molar-refractivity contribution in [1.82, 2.24) is 19.2 Å². The summed E-state index contributed by atoms with van der Waals surface area (Å²) in [6.45, 7) is 8.88. The number of piperazine rings is 1. The van der Waals surface area contributed by atoms with E-state index in [9.17, 15) is 4.79 Å². The smallest absolute Gasteiger partial charge is 0.345 e. The van der Waals surface area contributed by atoms with Crippen LogP contribution < -0.4 is 15.3 Å². The lowest BCUT2D eigenvalue weighted by Crippen LogP contribution is -2.46. The minimum Gasteiger partial charge on any atom is -0.494 e. The van der Waals surface area contributed by atoms with E-state index in [-0.39, 0.29) is 36.0 Å². The Morgan fingerprint density at radius 3 is 2.32 bits per heavy atom. The maximum absolute atomic E-state index is 12.9. The molecule has 0 radical (unpaired) electrons. The predicted molar refractivity (Wildman–Crippen MR) is 155 cm³/mol. The second kappa shape index (κ2) is 16.6. The number of hydrogen-bond acceptors (Lipinski definition) is 5. The number of halogens is 3. The van der Waals surface area contributed by atoms with Crippen LogP contribution >= 0.6 is 36.4 Å². The fraction of sp³-hybridized carbons (Fsp3) is 0.462. The number of rotatable bonds is 11. The maximum atomic E-state index is 12.9. The van der Waals surface area contributed by atoms with Crippen molar-refractivity contribution in [3.63, 3.8) is 0 Å². The van der Waals surface area contributed by atoms with Gasteiger partial charge in [-0.2, -0.15) is 5.10 Å². The molecule has 1 saturated heterocycles. The lowest BCUT2D eigenvalue weighted by Gasteiger charge is -2.36. The number of aromatic nitrogens is 3. The molecule has 0 bridgehead atoms. The highest BCUT2D eigenvalue weighted by molar-refractivity contribution is 6.30. The summed E-state index contributed by atoms with van der Waals surface area (Å²) in [6.07, 6.45) is 2.43. The summed E-state index contributed by atoms with van der Waals surface area (Å²) < 4.78 is 9.18. The summed E-state index contributed by atoms with van der Waals surface area (Å²) in [5, 5.41) is 5.35. The zero-order chi connectivity index (χ0) is 23.8. The van der Waals surface area contributed by atoms with Gasteiger partial charge in [-0.1, -0.05) is 42.8 Å². The van der Waals surface area contributed by atoms with E-state index in [0.29, 0.717) is 19.7 Å². The third-order valence-electron chi connectivity index (χ3n) is 6.24. The standard InChI is InChI=1S/C26H34ClN5O2.2ClH.H2O/c1-2-25-28-32(15-8-20-34-24-11-4-3-5-12-24)26(33)31(25)14-7-13-29-16-18-30(19-17-29)23-10-6-9-22(27)21-23;;;/h3-6,9-12,21H,2,7-8,13-20H2,1H3;2*1H;1H2. The van der Waals surface area contributed by atoms with E-state index >= 15 is 0 Å². The SMILES string of the molecule is CCc1nn(CCCOc2ccccc2)c(=O)n1CCCN1CCN(c2cccc(Cl)c2)CC1.Cl.Cl.O. The number of nitrogens with zero attached hydrogens (tertiary/aromatic N) is 5. The normalized spacial score (nSPS) is 13.3. The zero-order valence-electron chi connectivity index (χ0n) is 21.2. The van der Waals surface area contributed by atoms with Crippen molar-refractivity contribution in [2.45, 2.75) is 39.3 Å². The second-order valence-corrected chi connectivity index (χ2v) is 9.04. The summed E-state index contributed by atoms with van der Waals surface area (Å²) in [6, 6.07) is 17.8. The van der Waals surface area contributed by atoms with Gasteiger partial charge in [0.25, 0.3) is 0 Å². The van der Waals surface area contributed by atoms with Crippen LogP contribution in [0.5, 0.6) is 5.75 Å². The van der Waals surface area contributed by atoms with Gasteiger partial charge in [-0.15, -0.1) is 24.8 Å². The van der Waals surface area contributed by atoms with Crippen molar-refractivity contribution in [2.24, 2.45) is 0 Å². The van der Waals surface area contributed by atoms with Gasteiger partial charge in [-0.3, -0.25) is 9.47 Å². The molecule has 0 atom stereocenters. The minimum atomic E-state index is -0.0117. The van der Waals surface area contributed by atoms with Crippen molar-refractivity contribution in [1.29, 1.82) is 0 Å². The van der Waals surface area contributed by atoms with Gasteiger partial charge in [-0.05, 0) is 43.3 Å². The molecule has 206 valence electrons. The lowest BCUT2D eigenvalue weighted by molar-refractivity contribution is 0.249. The number of benzene rings is 2. The third-order valence-corrected chi connectivity index (χ3v) is 6.48. The predicted octanol–water partition coefficient (Wildman–Crippen LogP) is 3.96. The molecule has 0 amide bonds. The van der Waals surface area contributed by atoms with E-state index < -0.39 is 0 Å². The van der Waals surface area contributed by atoms with Crippen molar-refractivity contribution < 1.29 is 10.2 Å². The highest BCUT2D eigenvalue weighted by atomic mass is 35.5. The lowest BCUT2D eigenvalue weighted by atomic mass is 10.2. The van der Waals surface area contributed by atoms with Crippen LogP contribution in [-0.4, -0.2) is 64.1 Å². The average molecular weight is 575 g/mol. The molecule has 37 heavy (non-hydrogen) atoms. The van der Waals surface area contributed by atoms with Gasteiger partial charge in [-0.25, -0.2) is 9.48 Å². The number of ether oxygens (including phenoxy) is 1. The van der Waals surface area contributed by atoms with Gasteiger partial charge in [0.15, 0.2) is 0 Å². The Balaban J connectivity index is 0.00000228. The second-order valence-electron chi connectivity index (χ2n) is 8.60. The van der Waals surface area contributed by atoms with Gasteiger partial charge in [0, 0.05) is 62.8 Å². The van der Waals surface area contributed by atoms with Crippen LogP contribution in [0.15, 0.2) is 59.4 Å².